The van der Waals surface area contributed by atoms with Gasteiger partial charge in [0.05, 0.1) is 17.5 Å². The Kier molecular flexibility index (Phi) is 5.02. The van der Waals surface area contributed by atoms with Gasteiger partial charge in [0.25, 0.3) is 5.91 Å². The smallest absolute Gasteiger partial charge is 0.257 e. The molecule has 5 nitrogen and oxygen atoms in total. The Morgan fingerprint density at radius 1 is 1.23 bits per heavy atom. The number of hydrogen-bond donors (Lipinski definition) is 1. The molecule has 0 bridgehead atoms. The summed E-state index contributed by atoms with van der Waals surface area (Å²) in [5, 5.41) is 7.18. The average Bonchev–Trinajstić information content (AvgIpc) is 3.33. The van der Waals surface area contributed by atoms with Gasteiger partial charge in [-0.1, -0.05) is 12.1 Å². The molecule has 1 aromatic carbocycles. The van der Waals surface area contributed by atoms with Crippen LogP contribution in [0.4, 0.5) is 4.39 Å². The number of amides is 1. The minimum Gasteiger partial charge on any atom is -0.381 e. The molecule has 4 rings (SSSR count). The van der Waals surface area contributed by atoms with E-state index in [0.29, 0.717) is 17.4 Å². The van der Waals surface area contributed by atoms with Gasteiger partial charge in [-0.3, -0.25) is 9.89 Å². The van der Waals surface area contributed by atoms with Crippen LogP contribution in [0.5, 0.6) is 0 Å². The quantitative estimate of drug-likeness (QED) is 0.914. The number of halogens is 1. The van der Waals surface area contributed by atoms with Crippen LogP contribution in [0.15, 0.2) is 30.5 Å². The van der Waals surface area contributed by atoms with Gasteiger partial charge in [0.1, 0.15) is 5.82 Å². The van der Waals surface area contributed by atoms with E-state index < -0.39 is 0 Å². The van der Waals surface area contributed by atoms with E-state index in [4.69, 9.17) is 4.74 Å². The van der Waals surface area contributed by atoms with E-state index >= 15 is 0 Å². The lowest BCUT2D eigenvalue weighted by Gasteiger charge is -2.23. The first-order valence-corrected chi connectivity index (χ1v) is 9.35. The summed E-state index contributed by atoms with van der Waals surface area (Å²) in [6.07, 6.45) is 5.38. The highest BCUT2D eigenvalue weighted by Gasteiger charge is 2.31. The summed E-state index contributed by atoms with van der Waals surface area (Å²) in [5.41, 5.74) is 2.79. The third kappa shape index (κ3) is 3.65. The minimum absolute atomic E-state index is 0.0712. The summed E-state index contributed by atoms with van der Waals surface area (Å²) in [7, 11) is 0. The van der Waals surface area contributed by atoms with Crippen LogP contribution in [0.1, 0.15) is 46.8 Å². The average molecular weight is 357 g/mol. The van der Waals surface area contributed by atoms with Crippen molar-refractivity contribution in [2.24, 2.45) is 5.92 Å². The molecule has 2 aliphatic rings. The van der Waals surface area contributed by atoms with E-state index in [0.717, 1.165) is 63.2 Å². The molecule has 2 saturated heterocycles. The Morgan fingerprint density at radius 3 is 2.77 bits per heavy atom. The van der Waals surface area contributed by atoms with Crippen molar-refractivity contribution in [2.75, 3.05) is 26.3 Å². The number of carbonyl (C=O) groups excluding carboxylic acids is 1. The Hall–Kier alpha value is -2.21. The predicted molar refractivity (Wildman–Crippen MR) is 95.5 cm³/mol. The van der Waals surface area contributed by atoms with Gasteiger partial charge in [-0.15, -0.1) is 0 Å². The molecule has 2 fully saturated rings. The fraction of sp³-hybridized carbons (Fsp3) is 0.500. The van der Waals surface area contributed by atoms with E-state index in [-0.39, 0.29) is 11.7 Å². The van der Waals surface area contributed by atoms with Crippen molar-refractivity contribution in [3.8, 4) is 0 Å². The highest BCUT2D eigenvalue weighted by atomic mass is 19.1. The number of carbonyl (C=O) groups is 1. The Labute approximate surface area is 152 Å². The van der Waals surface area contributed by atoms with Crippen molar-refractivity contribution in [3.63, 3.8) is 0 Å². The van der Waals surface area contributed by atoms with E-state index in [2.05, 4.69) is 10.2 Å². The van der Waals surface area contributed by atoms with Crippen molar-refractivity contribution in [1.82, 2.24) is 15.1 Å². The summed E-state index contributed by atoms with van der Waals surface area (Å²) in [4.78, 5) is 14.9. The SMILES string of the molecule is O=C(c1cn[nH]c1C1CCOCC1)N1CCC(Cc2ccc(F)cc2)C1. The van der Waals surface area contributed by atoms with Crippen LogP contribution >= 0.6 is 0 Å². The lowest BCUT2D eigenvalue weighted by atomic mass is 9.93. The summed E-state index contributed by atoms with van der Waals surface area (Å²) >= 11 is 0. The van der Waals surface area contributed by atoms with Crippen LogP contribution in [0.2, 0.25) is 0 Å². The van der Waals surface area contributed by atoms with E-state index in [1.165, 1.54) is 12.1 Å². The lowest BCUT2D eigenvalue weighted by molar-refractivity contribution is 0.0766. The first kappa shape index (κ1) is 17.2. The first-order chi connectivity index (χ1) is 12.7. The summed E-state index contributed by atoms with van der Waals surface area (Å²) < 4.78 is 18.5. The van der Waals surface area contributed by atoms with Crippen LogP contribution in [0.3, 0.4) is 0 Å². The molecule has 0 radical (unpaired) electrons. The second kappa shape index (κ2) is 7.58. The van der Waals surface area contributed by atoms with E-state index in [9.17, 15) is 9.18 Å². The molecule has 1 N–H and O–H groups in total. The van der Waals surface area contributed by atoms with Gasteiger partial charge >= 0.3 is 0 Å². The van der Waals surface area contributed by atoms with Crippen molar-refractivity contribution in [1.29, 1.82) is 0 Å². The summed E-state index contributed by atoms with van der Waals surface area (Å²) in [5.74, 6) is 0.602. The van der Waals surface area contributed by atoms with Crippen LogP contribution in [-0.2, 0) is 11.2 Å². The lowest BCUT2D eigenvalue weighted by Crippen LogP contribution is -2.30. The highest BCUT2D eigenvalue weighted by Crippen LogP contribution is 2.30. The molecule has 1 unspecified atom stereocenters. The van der Waals surface area contributed by atoms with E-state index in [1.807, 2.05) is 17.0 Å². The zero-order chi connectivity index (χ0) is 17.9. The first-order valence-electron chi connectivity index (χ1n) is 9.35. The van der Waals surface area contributed by atoms with Gasteiger partial charge in [-0.05, 0) is 49.3 Å². The molecule has 3 heterocycles. The van der Waals surface area contributed by atoms with Crippen molar-refractivity contribution in [2.45, 2.75) is 31.6 Å². The third-order valence-electron chi connectivity index (χ3n) is 5.54. The standard InChI is InChI=1S/C20H24FN3O2/c21-17-3-1-14(2-4-17)11-15-5-8-24(13-15)20(25)18-12-22-23-19(18)16-6-9-26-10-7-16/h1-4,12,15-16H,5-11,13H2,(H,22,23). The van der Waals surface area contributed by atoms with Crippen molar-refractivity contribution in [3.05, 3.63) is 53.1 Å². The van der Waals surface area contributed by atoms with Gasteiger partial charge in [-0.2, -0.15) is 5.10 Å². The maximum atomic E-state index is 13.0. The molecule has 0 aliphatic carbocycles. The molecule has 26 heavy (non-hydrogen) atoms. The Balaban J connectivity index is 1.40. The number of benzene rings is 1. The molecule has 1 atom stereocenters. The Morgan fingerprint density at radius 2 is 2.00 bits per heavy atom. The van der Waals surface area contributed by atoms with Crippen LogP contribution in [0, 0.1) is 11.7 Å². The minimum atomic E-state index is -0.211. The molecule has 1 aromatic heterocycles. The maximum absolute atomic E-state index is 13.0. The van der Waals surface area contributed by atoms with Crippen LogP contribution < -0.4 is 0 Å². The number of nitrogens with one attached hydrogen (secondary N) is 1. The van der Waals surface area contributed by atoms with Crippen LogP contribution in [0.25, 0.3) is 0 Å². The van der Waals surface area contributed by atoms with Gasteiger partial charge in [0, 0.05) is 32.2 Å². The molecular weight excluding hydrogens is 333 g/mol. The van der Waals surface area contributed by atoms with Crippen molar-refractivity contribution >= 4 is 5.91 Å². The molecule has 1 amide bonds. The Bertz CT molecular complexity index is 753. The molecule has 2 aliphatic heterocycles. The zero-order valence-corrected chi connectivity index (χ0v) is 14.8. The van der Waals surface area contributed by atoms with Gasteiger partial charge in [-0.25, -0.2) is 4.39 Å². The fourth-order valence-electron chi connectivity index (χ4n) is 4.07. The second-order valence-corrected chi connectivity index (χ2v) is 7.32. The molecule has 6 heteroatoms. The third-order valence-corrected chi connectivity index (χ3v) is 5.54. The van der Waals surface area contributed by atoms with Crippen LogP contribution in [-0.4, -0.2) is 47.3 Å². The van der Waals surface area contributed by atoms with Crippen molar-refractivity contribution < 1.29 is 13.9 Å². The predicted octanol–water partition coefficient (Wildman–Crippen LogP) is 3.15. The normalized spacial score (nSPS) is 21.3. The van der Waals surface area contributed by atoms with Gasteiger partial charge in [0.2, 0.25) is 0 Å². The second-order valence-electron chi connectivity index (χ2n) is 7.32. The maximum Gasteiger partial charge on any atom is 0.257 e. The molecule has 2 aromatic rings. The number of H-pyrrole nitrogens is 1. The number of aromatic nitrogens is 2. The number of aromatic amines is 1. The van der Waals surface area contributed by atoms with E-state index in [1.54, 1.807) is 6.20 Å². The fourth-order valence-corrected chi connectivity index (χ4v) is 4.07. The largest absolute Gasteiger partial charge is 0.381 e. The molecule has 0 saturated carbocycles. The number of hydrogen-bond acceptors (Lipinski definition) is 3. The number of likely N-dealkylation sites (tertiary alicyclic amines) is 1. The molecule has 0 spiro atoms. The summed E-state index contributed by atoms with van der Waals surface area (Å²) in [6.45, 7) is 2.99. The number of rotatable bonds is 4. The monoisotopic (exact) mass is 357 g/mol. The zero-order valence-electron chi connectivity index (χ0n) is 14.8. The number of ether oxygens (including phenoxy) is 1. The topological polar surface area (TPSA) is 58.2 Å². The van der Waals surface area contributed by atoms with Gasteiger partial charge < -0.3 is 9.64 Å². The molecular formula is C20H24FN3O2. The number of nitrogens with zero attached hydrogens (tertiary/aromatic N) is 2. The molecule has 138 valence electrons. The van der Waals surface area contributed by atoms with Gasteiger partial charge in [0.15, 0.2) is 0 Å². The summed E-state index contributed by atoms with van der Waals surface area (Å²) in [6, 6.07) is 6.66. The highest BCUT2D eigenvalue weighted by molar-refractivity contribution is 5.95.